The normalized spacial score (nSPS) is 12.3. The number of aliphatic hydroxyl groups excluding tert-OH is 1. The largest absolute Gasteiger partial charge is 0.495 e. The molecule has 0 aliphatic rings. The highest BCUT2D eigenvalue weighted by atomic mass is 16.5. The number of fused-ring (bicyclic) bond motifs is 1. The fourth-order valence-corrected chi connectivity index (χ4v) is 2.22. The van der Waals surface area contributed by atoms with Crippen molar-refractivity contribution in [1.29, 1.82) is 0 Å². The number of pyridine rings is 2. The van der Waals surface area contributed by atoms with Crippen molar-refractivity contribution in [2.24, 2.45) is 0 Å². The minimum atomic E-state index is -0.781. The Morgan fingerprint density at radius 2 is 2.00 bits per heavy atom. The van der Waals surface area contributed by atoms with Crippen molar-refractivity contribution in [3.63, 3.8) is 0 Å². The highest BCUT2D eigenvalue weighted by molar-refractivity contribution is 5.82. The Bertz CT molecular complexity index is 738. The molecule has 3 rings (SSSR count). The molecule has 4 heteroatoms. The van der Waals surface area contributed by atoms with Gasteiger partial charge in [0.1, 0.15) is 11.9 Å². The third kappa shape index (κ3) is 2.21. The third-order valence-electron chi connectivity index (χ3n) is 3.24. The third-order valence-corrected chi connectivity index (χ3v) is 3.24. The molecule has 4 nitrogen and oxygen atoms in total. The van der Waals surface area contributed by atoms with Crippen LogP contribution in [0.2, 0.25) is 0 Å². The summed E-state index contributed by atoms with van der Waals surface area (Å²) in [6, 6.07) is 11.4. The molecule has 1 atom stereocenters. The fraction of sp³-hybridized carbons (Fsp3) is 0.125. The maximum Gasteiger partial charge on any atom is 0.137 e. The van der Waals surface area contributed by atoms with Crippen LogP contribution in [-0.2, 0) is 0 Å². The van der Waals surface area contributed by atoms with Gasteiger partial charge in [-0.1, -0.05) is 24.3 Å². The van der Waals surface area contributed by atoms with Gasteiger partial charge in [-0.15, -0.1) is 0 Å². The molecule has 0 radical (unpaired) electrons. The molecule has 20 heavy (non-hydrogen) atoms. The van der Waals surface area contributed by atoms with E-state index in [2.05, 4.69) is 9.97 Å². The molecule has 2 aromatic heterocycles. The number of aliphatic hydroxyl groups is 1. The number of ether oxygens (including phenoxy) is 1. The molecule has 2 heterocycles. The summed E-state index contributed by atoms with van der Waals surface area (Å²) in [5, 5.41) is 11.6. The number of methoxy groups -OCH3 is 1. The molecule has 0 aliphatic heterocycles. The first kappa shape index (κ1) is 12.6. The minimum absolute atomic E-state index is 0.620. The lowest BCUT2D eigenvalue weighted by Crippen LogP contribution is -2.02. The highest BCUT2D eigenvalue weighted by Crippen LogP contribution is 2.28. The van der Waals surface area contributed by atoms with E-state index in [-0.39, 0.29) is 0 Å². The van der Waals surface area contributed by atoms with Gasteiger partial charge in [0, 0.05) is 28.9 Å². The van der Waals surface area contributed by atoms with E-state index < -0.39 is 6.10 Å². The number of benzene rings is 1. The average Bonchev–Trinajstić information content (AvgIpc) is 2.53. The second-order valence-electron chi connectivity index (χ2n) is 4.48. The first-order chi connectivity index (χ1) is 9.79. The lowest BCUT2D eigenvalue weighted by Gasteiger charge is -2.13. The first-order valence-electron chi connectivity index (χ1n) is 6.30. The van der Waals surface area contributed by atoms with Crippen molar-refractivity contribution in [3.8, 4) is 5.75 Å². The quantitative estimate of drug-likeness (QED) is 0.792. The van der Waals surface area contributed by atoms with Crippen molar-refractivity contribution >= 4 is 10.9 Å². The maximum absolute atomic E-state index is 10.6. The highest BCUT2D eigenvalue weighted by Gasteiger charge is 2.15. The van der Waals surface area contributed by atoms with E-state index in [4.69, 9.17) is 4.74 Å². The van der Waals surface area contributed by atoms with Crippen LogP contribution in [0.15, 0.2) is 55.0 Å². The van der Waals surface area contributed by atoms with Gasteiger partial charge in [-0.2, -0.15) is 0 Å². The fourth-order valence-electron chi connectivity index (χ4n) is 2.22. The van der Waals surface area contributed by atoms with E-state index in [0.29, 0.717) is 11.3 Å². The Hall–Kier alpha value is -2.46. The Kier molecular flexibility index (Phi) is 3.31. The number of rotatable bonds is 3. The molecule has 0 saturated carbocycles. The predicted molar refractivity (Wildman–Crippen MR) is 76.6 cm³/mol. The number of para-hydroxylation sites is 1. The van der Waals surface area contributed by atoms with Crippen LogP contribution in [0.1, 0.15) is 17.2 Å². The molecule has 1 N–H and O–H groups in total. The van der Waals surface area contributed by atoms with Gasteiger partial charge in [-0.25, -0.2) is 0 Å². The van der Waals surface area contributed by atoms with Crippen molar-refractivity contribution in [2.45, 2.75) is 6.10 Å². The summed E-state index contributed by atoms with van der Waals surface area (Å²) in [7, 11) is 1.58. The van der Waals surface area contributed by atoms with Crippen LogP contribution in [0.5, 0.6) is 5.75 Å². The van der Waals surface area contributed by atoms with Gasteiger partial charge < -0.3 is 9.84 Å². The molecule has 100 valence electrons. The molecule has 0 amide bonds. The Balaban J connectivity index is 2.10. The number of aromatic nitrogens is 2. The van der Waals surface area contributed by atoms with E-state index in [1.807, 2.05) is 30.3 Å². The summed E-state index contributed by atoms with van der Waals surface area (Å²) in [5.41, 5.74) is 2.24. The van der Waals surface area contributed by atoms with Gasteiger partial charge in [0.15, 0.2) is 0 Å². The zero-order valence-corrected chi connectivity index (χ0v) is 11.0. The van der Waals surface area contributed by atoms with Crippen molar-refractivity contribution < 1.29 is 9.84 Å². The molecular formula is C16H14N2O2. The summed E-state index contributed by atoms with van der Waals surface area (Å²) in [6.45, 7) is 0. The first-order valence-corrected chi connectivity index (χ1v) is 6.30. The standard InChI is InChI=1S/C16H14N2O2/c1-20-13-8-12(9-17-10-13)16(19)14-6-2-4-11-5-3-7-18-15(11)14/h2-10,16,19H,1H3. The maximum atomic E-state index is 10.6. The summed E-state index contributed by atoms with van der Waals surface area (Å²) in [5.74, 6) is 0.620. The number of nitrogens with zero attached hydrogens (tertiary/aromatic N) is 2. The monoisotopic (exact) mass is 266 g/mol. The van der Waals surface area contributed by atoms with Crippen LogP contribution in [0.25, 0.3) is 10.9 Å². The van der Waals surface area contributed by atoms with Gasteiger partial charge >= 0.3 is 0 Å². The minimum Gasteiger partial charge on any atom is -0.495 e. The lowest BCUT2D eigenvalue weighted by atomic mass is 10.00. The van der Waals surface area contributed by atoms with Crippen molar-refractivity contribution in [3.05, 3.63) is 66.1 Å². The van der Waals surface area contributed by atoms with Crippen molar-refractivity contribution in [2.75, 3.05) is 7.11 Å². The van der Waals surface area contributed by atoms with Gasteiger partial charge in [0.2, 0.25) is 0 Å². The Morgan fingerprint density at radius 1 is 1.15 bits per heavy atom. The van der Waals surface area contributed by atoms with Gasteiger partial charge in [0.25, 0.3) is 0 Å². The van der Waals surface area contributed by atoms with Crippen LogP contribution in [-0.4, -0.2) is 22.2 Å². The lowest BCUT2D eigenvalue weighted by molar-refractivity contribution is 0.220. The Labute approximate surface area is 116 Å². The molecular weight excluding hydrogens is 252 g/mol. The van der Waals surface area contributed by atoms with Gasteiger partial charge in [0.05, 0.1) is 18.8 Å². The predicted octanol–water partition coefficient (Wildman–Crippen LogP) is 2.72. The van der Waals surface area contributed by atoms with E-state index in [1.54, 1.807) is 31.8 Å². The second kappa shape index (κ2) is 5.27. The van der Waals surface area contributed by atoms with Gasteiger partial charge in [-0.3, -0.25) is 9.97 Å². The molecule has 3 aromatic rings. The van der Waals surface area contributed by atoms with E-state index in [9.17, 15) is 5.11 Å². The molecule has 0 saturated heterocycles. The summed E-state index contributed by atoms with van der Waals surface area (Å²) >= 11 is 0. The molecule has 0 aliphatic carbocycles. The van der Waals surface area contributed by atoms with Crippen LogP contribution in [0.4, 0.5) is 0 Å². The molecule has 1 aromatic carbocycles. The van der Waals surface area contributed by atoms with E-state index >= 15 is 0 Å². The smallest absolute Gasteiger partial charge is 0.137 e. The van der Waals surface area contributed by atoms with Crippen LogP contribution < -0.4 is 4.74 Å². The van der Waals surface area contributed by atoms with Crippen LogP contribution >= 0.6 is 0 Å². The molecule has 1 unspecified atom stereocenters. The van der Waals surface area contributed by atoms with Gasteiger partial charge in [-0.05, 0) is 12.1 Å². The van der Waals surface area contributed by atoms with Crippen molar-refractivity contribution in [1.82, 2.24) is 9.97 Å². The number of hydrogen-bond acceptors (Lipinski definition) is 4. The topological polar surface area (TPSA) is 55.2 Å². The average molecular weight is 266 g/mol. The SMILES string of the molecule is COc1cncc(C(O)c2cccc3cccnc23)c1. The summed E-state index contributed by atoms with van der Waals surface area (Å²) in [4.78, 5) is 8.44. The zero-order chi connectivity index (χ0) is 13.9. The second-order valence-corrected chi connectivity index (χ2v) is 4.48. The summed E-state index contributed by atoms with van der Waals surface area (Å²) in [6.07, 6.45) is 4.19. The molecule has 0 bridgehead atoms. The molecule has 0 fully saturated rings. The van der Waals surface area contributed by atoms with E-state index in [0.717, 1.165) is 16.5 Å². The van der Waals surface area contributed by atoms with Crippen LogP contribution in [0.3, 0.4) is 0 Å². The zero-order valence-electron chi connectivity index (χ0n) is 11.0. The van der Waals surface area contributed by atoms with Crippen LogP contribution in [0, 0.1) is 0 Å². The number of hydrogen-bond donors (Lipinski definition) is 1. The Morgan fingerprint density at radius 3 is 2.85 bits per heavy atom. The summed E-state index contributed by atoms with van der Waals surface area (Å²) < 4.78 is 5.14. The molecule has 0 spiro atoms. The van der Waals surface area contributed by atoms with E-state index in [1.165, 1.54) is 0 Å².